The molecule has 1 saturated heterocycles. The predicted molar refractivity (Wildman–Crippen MR) is 95.6 cm³/mol. The van der Waals surface area contributed by atoms with E-state index in [1.165, 1.54) is 11.1 Å². The summed E-state index contributed by atoms with van der Waals surface area (Å²) in [6.45, 7) is 7.63. The molecule has 24 heavy (non-hydrogen) atoms. The highest BCUT2D eigenvalue weighted by molar-refractivity contribution is 5.75. The molecule has 1 fully saturated rings. The van der Waals surface area contributed by atoms with Crippen molar-refractivity contribution in [2.45, 2.75) is 52.5 Å². The van der Waals surface area contributed by atoms with Gasteiger partial charge in [0.1, 0.15) is 0 Å². The first-order valence-corrected chi connectivity index (χ1v) is 8.77. The average Bonchev–Trinajstić information content (AvgIpc) is 2.52. The third kappa shape index (κ3) is 5.25. The van der Waals surface area contributed by atoms with Crippen molar-refractivity contribution in [3.63, 3.8) is 0 Å². The number of hydrogen-bond donors (Lipinski definition) is 2. The van der Waals surface area contributed by atoms with Gasteiger partial charge in [0.25, 0.3) is 0 Å². The van der Waals surface area contributed by atoms with Gasteiger partial charge in [-0.1, -0.05) is 29.3 Å². The van der Waals surface area contributed by atoms with Crippen molar-refractivity contribution in [3.05, 3.63) is 34.9 Å². The molecule has 1 aliphatic heterocycles. The molecule has 0 radical (unpaired) electrons. The Labute approximate surface area is 144 Å². The van der Waals surface area contributed by atoms with Crippen LogP contribution in [0, 0.1) is 19.8 Å². The van der Waals surface area contributed by atoms with Gasteiger partial charge in [-0.15, -0.1) is 0 Å². The normalized spacial score (nSPS) is 19.0. The Hall–Kier alpha value is -2.04. The van der Waals surface area contributed by atoms with Crippen LogP contribution in [0.2, 0.25) is 0 Å². The topological polar surface area (TPSA) is 75.4 Å². The molecule has 1 aromatic carbocycles. The van der Waals surface area contributed by atoms with E-state index in [4.69, 9.17) is 5.73 Å². The van der Waals surface area contributed by atoms with Crippen LogP contribution < -0.4 is 11.1 Å². The van der Waals surface area contributed by atoms with Crippen LogP contribution >= 0.6 is 0 Å². The number of hydrogen-bond acceptors (Lipinski definition) is 2. The minimum Gasteiger partial charge on any atom is -0.370 e. The maximum atomic E-state index is 12.6. The zero-order valence-electron chi connectivity index (χ0n) is 15.0. The molecule has 2 rings (SSSR count). The largest absolute Gasteiger partial charge is 0.370 e. The summed E-state index contributed by atoms with van der Waals surface area (Å²) in [7, 11) is 0. The first-order chi connectivity index (χ1) is 11.3. The van der Waals surface area contributed by atoms with Crippen LogP contribution in [0.25, 0.3) is 0 Å². The Morgan fingerprint density at radius 1 is 1.29 bits per heavy atom. The minimum atomic E-state index is -0.264. The number of aryl methyl sites for hydroxylation is 2. The van der Waals surface area contributed by atoms with Gasteiger partial charge in [-0.3, -0.25) is 4.79 Å². The fourth-order valence-electron chi connectivity index (χ4n) is 3.45. The predicted octanol–water partition coefficient (Wildman–Crippen LogP) is 3.05. The SMILES string of the molecule is Cc1cc(C)cc([C@H](C)NC(=O)N2CCC[C@@H](CCC(N)=O)C2)c1. The van der Waals surface area contributed by atoms with E-state index in [9.17, 15) is 9.59 Å². The summed E-state index contributed by atoms with van der Waals surface area (Å²) in [6.07, 6.45) is 3.21. The smallest absolute Gasteiger partial charge is 0.317 e. The number of amides is 3. The van der Waals surface area contributed by atoms with E-state index < -0.39 is 0 Å². The first-order valence-electron chi connectivity index (χ1n) is 8.77. The maximum Gasteiger partial charge on any atom is 0.317 e. The minimum absolute atomic E-state index is 0.0227. The number of urea groups is 1. The molecular formula is C19H29N3O2. The zero-order valence-corrected chi connectivity index (χ0v) is 15.0. The number of carbonyl (C=O) groups is 2. The molecule has 0 aromatic heterocycles. The highest BCUT2D eigenvalue weighted by atomic mass is 16.2. The lowest BCUT2D eigenvalue weighted by molar-refractivity contribution is -0.118. The number of likely N-dealkylation sites (tertiary alicyclic amines) is 1. The van der Waals surface area contributed by atoms with E-state index >= 15 is 0 Å². The molecule has 2 atom stereocenters. The van der Waals surface area contributed by atoms with Gasteiger partial charge in [-0.25, -0.2) is 4.79 Å². The fourth-order valence-corrected chi connectivity index (χ4v) is 3.45. The Bertz CT molecular complexity index is 580. The number of primary amides is 1. The van der Waals surface area contributed by atoms with Crippen molar-refractivity contribution in [2.24, 2.45) is 11.7 Å². The van der Waals surface area contributed by atoms with Crippen molar-refractivity contribution < 1.29 is 9.59 Å². The van der Waals surface area contributed by atoms with Gasteiger partial charge in [0.2, 0.25) is 5.91 Å². The summed E-state index contributed by atoms with van der Waals surface area (Å²) in [5.74, 6) is 0.105. The molecule has 0 spiro atoms. The van der Waals surface area contributed by atoms with Gasteiger partial charge in [0, 0.05) is 19.5 Å². The number of rotatable bonds is 5. The van der Waals surface area contributed by atoms with E-state index in [-0.39, 0.29) is 18.0 Å². The van der Waals surface area contributed by atoms with Crippen LogP contribution in [0.5, 0.6) is 0 Å². The monoisotopic (exact) mass is 331 g/mol. The quantitative estimate of drug-likeness (QED) is 0.870. The van der Waals surface area contributed by atoms with Gasteiger partial charge in [0.15, 0.2) is 0 Å². The van der Waals surface area contributed by atoms with Crippen LogP contribution in [0.4, 0.5) is 4.79 Å². The Balaban J connectivity index is 1.92. The number of nitrogens with two attached hydrogens (primary N) is 1. The second-order valence-electron chi connectivity index (χ2n) is 7.05. The van der Waals surface area contributed by atoms with Gasteiger partial charge in [-0.05, 0) is 51.5 Å². The van der Waals surface area contributed by atoms with Crippen LogP contribution in [-0.4, -0.2) is 29.9 Å². The number of nitrogens with zero attached hydrogens (tertiary/aromatic N) is 1. The molecule has 1 heterocycles. The molecule has 0 unspecified atom stereocenters. The number of piperidine rings is 1. The second-order valence-corrected chi connectivity index (χ2v) is 7.05. The van der Waals surface area contributed by atoms with E-state index in [0.717, 1.165) is 31.4 Å². The van der Waals surface area contributed by atoms with E-state index in [0.29, 0.717) is 18.9 Å². The molecule has 1 aromatic rings. The summed E-state index contributed by atoms with van der Waals surface area (Å²) in [5.41, 5.74) is 8.76. The van der Waals surface area contributed by atoms with Crippen LogP contribution in [0.15, 0.2) is 18.2 Å². The number of carbonyl (C=O) groups excluding carboxylic acids is 2. The lowest BCUT2D eigenvalue weighted by atomic mass is 9.93. The Morgan fingerprint density at radius 3 is 2.58 bits per heavy atom. The average molecular weight is 331 g/mol. The third-order valence-corrected chi connectivity index (χ3v) is 4.69. The molecule has 132 valence electrons. The van der Waals surface area contributed by atoms with Gasteiger partial charge in [-0.2, -0.15) is 0 Å². The summed E-state index contributed by atoms with van der Waals surface area (Å²) >= 11 is 0. The number of benzene rings is 1. The van der Waals surface area contributed by atoms with Crippen LogP contribution in [0.3, 0.4) is 0 Å². The zero-order chi connectivity index (χ0) is 17.7. The van der Waals surface area contributed by atoms with Gasteiger partial charge in [0.05, 0.1) is 6.04 Å². The van der Waals surface area contributed by atoms with Crippen molar-refractivity contribution in [1.82, 2.24) is 10.2 Å². The third-order valence-electron chi connectivity index (χ3n) is 4.69. The van der Waals surface area contributed by atoms with Crippen molar-refractivity contribution in [2.75, 3.05) is 13.1 Å². The van der Waals surface area contributed by atoms with E-state index in [1.807, 2.05) is 11.8 Å². The summed E-state index contributed by atoms with van der Waals surface area (Å²) < 4.78 is 0. The molecule has 3 N–H and O–H groups in total. The molecule has 0 saturated carbocycles. The van der Waals surface area contributed by atoms with Crippen molar-refractivity contribution >= 4 is 11.9 Å². The summed E-state index contributed by atoms with van der Waals surface area (Å²) in [5, 5.41) is 3.10. The van der Waals surface area contributed by atoms with Crippen LogP contribution in [-0.2, 0) is 4.79 Å². The van der Waals surface area contributed by atoms with Gasteiger partial charge >= 0.3 is 6.03 Å². The molecule has 0 aliphatic carbocycles. The lowest BCUT2D eigenvalue weighted by Crippen LogP contribution is -2.46. The number of nitrogens with one attached hydrogen (secondary N) is 1. The summed E-state index contributed by atoms with van der Waals surface area (Å²) in [6, 6.07) is 6.31. The molecule has 0 bridgehead atoms. The molecule has 5 nitrogen and oxygen atoms in total. The molecule has 5 heteroatoms. The van der Waals surface area contributed by atoms with E-state index in [2.05, 4.69) is 37.4 Å². The summed E-state index contributed by atoms with van der Waals surface area (Å²) in [4.78, 5) is 25.4. The fraction of sp³-hybridized carbons (Fsp3) is 0.579. The first kappa shape index (κ1) is 18.3. The highest BCUT2D eigenvalue weighted by Gasteiger charge is 2.24. The van der Waals surface area contributed by atoms with Crippen molar-refractivity contribution in [1.29, 1.82) is 0 Å². The highest BCUT2D eigenvalue weighted by Crippen LogP contribution is 2.22. The molecular weight excluding hydrogens is 302 g/mol. The van der Waals surface area contributed by atoms with Crippen molar-refractivity contribution in [3.8, 4) is 0 Å². The second kappa shape index (κ2) is 8.18. The molecule has 3 amide bonds. The standard InChI is InChI=1S/C19H29N3O2/c1-13-9-14(2)11-17(10-13)15(3)21-19(24)22-8-4-5-16(12-22)6-7-18(20)23/h9-11,15-16H,4-8,12H2,1-3H3,(H2,20,23)(H,21,24)/t15-,16-/m0/s1. The van der Waals surface area contributed by atoms with E-state index in [1.54, 1.807) is 0 Å². The Kier molecular flexibility index (Phi) is 6.23. The van der Waals surface area contributed by atoms with Gasteiger partial charge < -0.3 is 16.0 Å². The molecule has 1 aliphatic rings. The maximum absolute atomic E-state index is 12.6. The lowest BCUT2D eigenvalue weighted by Gasteiger charge is -2.33. The Morgan fingerprint density at radius 2 is 1.96 bits per heavy atom. The van der Waals surface area contributed by atoms with Crippen LogP contribution in [0.1, 0.15) is 55.3 Å².